The fraction of sp³-hybridized carbons (Fsp3) is 0.455. The summed E-state index contributed by atoms with van der Waals surface area (Å²) in [6, 6.07) is 7.96. The third-order valence-electron chi connectivity index (χ3n) is 2.19. The number of halogens is 2. The summed E-state index contributed by atoms with van der Waals surface area (Å²) in [4.78, 5) is 2.20. The molecule has 0 bridgehead atoms. The van der Waals surface area contributed by atoms with Gasteiger partial charge in [-0.1, -0.05) is 29.8 Å². The molecule has 1 aromatic carbocycles. The van der Waals surface area contributed by atoms with Crippen molar-refractivity contribution in [3.63, 3.8) is 0 Å². The predicted molar refractivity (Wildman–Crippen MR) is 63.4 cm³/mol. The molecule has 1 aromatic rings. The van der Waals surface area contributed by atoms with Crippen molar-refractivity contribution in [2.45, 2.75) is 6.42 Å². The fourth-order valence-electron chi connectivity index (χ4n) is 1.27. The molecule has 0 atom stereocenters. The molecule has 0 spiro atoms. The Hall–Kier alpha value is -0.240. The Morgan fingerprint density at radius 3 is 2.57 bits per heavy atom. The van der Waals surface area contributed by atoms with E-state index in [-0.39, 0.29) is 0 Å². The van der Waals surface area contributed by atoms with Gasteiger partial charge < -0.3 is 4.90 Å². The van der Waals surface area contributed by atoms with E-state index in [0.29, 0.717) is 5.88 Å². The summed E-state index contributed by atoms with van der Waals surface area (Å²) in [6.07, 6.45) is 0.979. The summed E-state index contributed by atoms with van der Waals surface area (Å²) >= 11 is 11.7. The van der Waals surface area contributed by atoms with Crippen LogP contribution in [0.25, 0.3) is 0 Å². The predicted octanol–water partition coefficient (Wildman–Crippen LogP) is 3.05. The highest BCUT2D eigenvalue weighted by Gasteiger charge is 2.01. The molecule has 0 radical (unpaired) electrons. The molecule has 3 heteroatoms. The van der Waals surface area contributed by atoms with Crippen LogP contribution in [0.4, 0.5) is 0 Å². The van der Waals surface area contributed by atoms with E-state index in [1.807, 2.05) is 18.2 Å². The topological polar surface area (TPSA) is 3.24 Å². The zero-order valence-corrected chi connectivity index (χ0v) is 9.85. The standard InChI is InChI=1S/C11H15Cl2N/c1-14(9-7-12)8-6-10-4-2-3-5-11(10)13/h2-5H,6-9H2,1H3. The Labute approximate surface area is 95.6 Å². The van der Waals surface area contributed by atoms with E-state index in [2.05, 4.69) is 18.0 Å². The molecule has 0 unspecified atom stereocenters. The van der Waals surface area contributed by atoms with Crippen LogP contribution < -0.4 is 0 Å². The summed E-state index contributed by atoms with van der Waals surface area (Å²) in [7, 11) is 2.07. The monoisotopic (exact) mass is 231 g/mol. The summed E-state index contributed by atoms with van der Waals surface area (Å²) in [5.74, 6) is 0.680. The van der Waals surface area contributed by atoms with E-state index in [1.165, 1.54) is 5.56 Å². The maximum Gasteiger partial charge on any atom is 0.0438 e. The summed E-state index contributed by atoms with van der Waals surface area (Å²) in [5.41, 5.74) is 1.20. The van der Waals surface area contributed by atoms with Gasteiger partial charge in [0.1, 0.15) is 0 Å². The summed E-state index contributed by atoms with van der Waals surface area (Å²) in [6.45, 7) is 1.92. The molecule has 0 fully saturated rings. The van der Waals surface area contributed by atoms with Crippen molar-refractivity contribution in [2.24, 2.45) is 0 Å². The van der Waals surface area contributed by atoms with Crippen LogP contribution in [0, 0.1) is 0 Å². The molecule has 78 valence electrons. The van der Waals surface area contributed by atoms with Gasteiger partial charge in [-0.25, -0.2) is 0 Å². The number of rotatable bonds is 5. The van der Waals surface area contributed by atoms with Crippen LogP contribution in [-0.4, -0.2) is 30.9 Å². The molecule has 14 heavy (non-hydrogen) atoms. The summed E-state index contributed by atoms with van der Waals surface area (Å²) < 4.78 is 0. The third-order valence-corrected chi connectivity index (χ3v) is 2.72. The minimum Gasteiger partial charge on any atom is -0.305 e. The van der Waals surface area contributed by atoms with Crippen LogP contribution >= 0.6 is 23.2 Å². The average Bonchev–Trinajstić information content (AvgIpc) is 2.17. The second kappa shape index (κ2) is 6.28. The van der Waals surface area contributed by atoms with Crippen molar-refractivity contribution < 1.29 is 0 Å². The summed E-state index contributed by atoms with van der Waals surface area (Å²) in [5, 5.41) is 0.853. The fourth-order valence-corrected chi connectivity index (χ4v) is 1.79. The lowest BCUT2D eigenvalue weighted by Gasteiger charge is -2.14. The van der Waals surface area contributed by atoms with Crippen molar-refractivity contribution in [3.8, 4) is 0 Å². The van der Waals surface area contributed by atoms with Crippen LogP contribution in [0.2, 0.25) is 5.02 Å². The van der Waals surface area contributed by atoms with E-state index >= 15 is 0 Å². The molecular formula is C11H15Cl2N. The van der Waals surface area contributed by atoms with Gasteiger partial charge in [0.15, 0.2) is 0 Å². The average molecular weight is 232 g/mol. The first-order valence-corrected chi connectivity index (χ1v) is 5.63. The van der Waals surface area contributed by atoms with E-state index < -0.39 is 0 Å². The molecule has 0 amide bonds. The van der Waals surface area contributed by atoms with Crippen molar-refractivity contribution >= 4 is 23.2 Å². The molecule has 0 aliphatic carbocycles. The van der Waals surface area contributed by atoms with E-state index in [9.17, 15) is 0 Å². The lowest BCUT2D eigenvalue weighted by atomic mass is 10.1. The van der Waals surface area contributed by atoms with Gasteiger partial charge in [-0.3, -0.25) is 0 Å². The first-order valence-electron chi connectivity index (χ1n) is 4.72. The van der Waals surface area contributed by atoms with Gasteiger partial charge in [0, 0.05) is 24.0 Å². The second-order valence-corrected chi connectivity index (χ2v) is 4.12. The Morgan fingerprint density at radius 2 is 1.93 bits per heavy atom. The van der Waals surface area contributed by atoms with Gasteiger partial charge in [0.2, 0.25) is 0 Å². The van der Waals surface area contributed by atoms with Gasteiger partial charge in [-0.2, -0.15) is 0 Å². The quantitative estimate of drug-likeness (QED) is 0.705. The maximum atomic E-state index is 6.04. The normalized spacial score (nSPS) is 10.9. The van der Waals surface area contributed by atoms with Gasteiger partial charge >= 0.3 is 0 Å². The van der Waals surface area contributed by atoms with Gasteiger partial charge in [-0.05, 0) is 25.1 Å². The molecular weight excluding hydrogens is 217 g/mol. The lowest BCUT2D eigenvalue weighted by Crippen LogP contribution is -2.23. The SMILES string of the molecule is CN(CCCl)CCc1ccccc1Cl. The van der Waals surface area contributed by atoms with Crippen molar-refractivity contribution in [1.29, 1.82) is 0 Å². The minimum absolute atomic E-state index is 0.680. The Morgan fingerprint density at radius 1 is 1.21 bits per heavy atom. The van der Waals surface area contributed by atoms with Crippen LogP contribution in [0.15, 0.2) is 24.3 Å². The number of likely N-dealkylation sites (N-methyl/N-ethyl adjacent to an activating group) is 1. The maximum absolute atomic E-state index is 6.04. The van der Waals surface area contributed by atoms with Gasteiger partial charge in [0.25, 0.3) is 0 Å². The van der Waals surface area contributed by atoms with E-state index in [0.717, 1.165) is 24.5 Å². The highest BCUT2D eigenvalue weighted by atomic mass is 35.5. The number of benzene rings is 1. The first kappa shape index (κ1) is 11.8. The van der Waals surface area contributed by atoms with Crippen molar-refractivity contribution in [1.82, 2.24) is 4.90 Å². The second-order valence-electron chi connectivity index (χ2n) is 3.33. The van der Waals surface area contributed by atoms with Crippen LogP contribution in [0.5, 0.6) is 0 Å². The molecule has 1 rings (SSSR count). The van der Waals surface area contributed by atoms with E-state index in [1.54, 1.807) is 0 Å². The highest BCUT2D eigenvalue weighted by molar-refractivity contribution is 6.31. The van der Waals surface area contributed by atoms with Crippen molar-refractivity contribution in [3.05, 3.63) is 34.9 Å². The molecule has 0 aliphatic rings. The zero-order chi connectivity index (χ0) is 10.4. The minimum atomic E-state index is 0.680. The molecule has 0 aromatic heterocycles. The van der Waals surface area contributed by atoms with Gasteiger partial charge in [-0.15, -0.1) is 11.6 Å². The molecule has 0 saturated heterocycles. The van der Waals surface area contributed by atoms with Crippen molar-refractivity contribution in [2.75, 3.05) is 26.0 Å². The number of hydrogen-bond donors (Lipinski definition) is 0. The number of hydrogen-bond acceptors (Lipinski definition) is 1. The number of nitrogens with zero attached hydrogens (tertiary/aromatic N) is 1. The molecule has 0 aliphatic heterocycles. The van der Waals surface area contributed by atoms with Crippen LogP contribution in [0.1, 0.15) is 5.56 Å². The van der Waals surface area contributed by atoms with E-state index in [4.69, 9.17) is 23.2 Å². The third kappa shape index (κ3) is 3.87. The first-order chi connectivity index (χ1) is 6.74. The Balaban J connectivity index is 2.41. The smallest absolute Gasteiger partial charge is 0.0438 e. The Kier molecular flexibility index (Phi) is 5.31. The zero-order valence-electron chi connectivity index (χ0n) is 8.34. The van der Waals surface area contributed by atoms with Crippen LogP contribution in [-0.2, 0) is 6.42 Å². The van der Waals surface area contributed by atoms with Crippen LogP contribution in [0.3, 0.4) is 0 Å². The molecule has 0 heterocycles. The number of alkyl halides is 1. The molecule has 0 saturated carbocycles. The van der Waals surface area contributed by atoms with Gasteiger partial charge in [0.05, 0.1) is 0 Å². The highest BCUT2D eigenvalue weighted by Crippen LogP contribution is 2.15. The molecule has 0 N–H and O–H groups in total. The molecule has 1 nitrogen and oxygen atoms in total. The largest absolute Gasteiger partial charge is 0.305 e. The lowest BCUT2D eigenvalue weighted by molar-refractivity contribution is 0.359. The Bertz CT molecular complexity index is 276.